The molecule has 2 N–H and O–H groups in total. The Labute approximate surface area is 141 Å². The quantitative estimate of drug-likeness (QED) is 0.549. The molecule has 0 radical (unpaired) electrons. The molecule has 2 unspecified atom stereocenters. The van der Waals surface area contributed by atoms with Crippen LogP contribution in [0.2, 0.25) is 0 Å². The minimum absolute atomic E-state index is 0.249. The van der Waals surface area contributed by atoms with Crippen molar-refractivity contribution in [2.75, 3.05) is 66.5 Å². The van der Waals surface area contributed by atoms with Crippen LogP contribution in [0.3, 0.4) is 0 Å². The number of ether oxygens (including phenoxy) is 1. The monoisotopic (exact) mass is 325 g/mol. The Kier molecular flexibility index (Phi) is 7.59. The van der Waals surface area contributed by atoms with Crippen LogP contribution in [-0.2, 0) is 4.74 Å². The van der Waals surface area contributed by atoms with Crippen molar-refractivity contribution in [1.29, 1.82) is 0 Å². The van der Waals surface area contributed by atoms with E-state index in [4.69, 9.17) is 4.74 Å². The van der Waals surface area contributed by atoms with Crippen LogP contribution >= 0.6 is 0 Å². The summed E-state index contributed by atoms with van der Waals surface area (Å²) in [6.07, 6.45) is 1.52. The van der Waals surface area contributed by atoms with E-state index in [1.807, 2.05) is 7.05 Å². The summed E-state index contributed by atoms with van der Waals surface area (Å²) in [5.41, 5.74) is 0. The summed E-state index contributed by atoms with van der Waals surface area (Å²) < 4.78 is 5.88. The lowest BCUT2D eigenvalue weighted by Gasteiger charge is -2.34. The standard InChI is InChI=1S/C17H35N5O/c1-14(2)11-22-7-8-23-16(13-22)10-20-17(18-3)19-9-15-5-6-21(4)12-15/h14-16H,5-13H2,1-4H3,(H2,18,19,20). The van der Waals surface area contributed by atoms with Gasteiger partial charge in [-0.1, -0.05) is 13.8 Å². The average Bonchev–Trinajstić information content (AvgIpc) is 2.93. The molecule has 2 atom stereocenters. The minimum atomic E-state index is 0.249. The highest BCUT2D eigenvalue weighted by Gasteiger charge is 2.22. The van der Waals surface area contributed by atoms with Crippen molar-refractivity contribution in [1.82, 2.24) is 20.4 Å². The molecule has 2 aliphatic rings. The van der Waals surface area contributed by atoms with E-state index in [0.717, 1.165) is 51.2 Å². The number of morpholine rings is 1. The predicted molar refractivity (Wildman–Crippen MR) is 96.0 cm³/mol. The molecule has 0 saturated carbocycles. The second-order valence-electron chi connectivity index (χ2n) is 7.40. The van der Waals surface area contributed by atoms with Crippen LogP contribution in [0.25, 0.3) is 0 Å². The molecule has 0 aromatic rings. The molecule has 0 spiro atoms. The molecule has 134 valence electrons. The van der Waals surface area contributed by atoms with Crippen molar-refractivity contribution in [3.8, 4) is 0 Å². The number of likely N-dealkylation sites (tertiary alicyclic amines) is 1. The molecule has 2 rings (SSSR count). The van der Waals surface area contributed by atoms with E-state index >= 15 is 0 Å². The lowest BCUT2D eigenvalue weighted by atomic mass is 10.1. The summed E-state index contributed by atoms with van der Waals surface area (Å²) in [4.78, 5) is 9.23. The molecule has 23 heavy (non-hydrogen) atoms. The topological polar surface area (TPSA) is 52.1 Å². The van der Waals surface area contributed by atoms with Crippen LogP contribution in [0.15, 0.2) is 4.99 Å². The molecule has 2 aliphatic heterocycles. The summed E-state index contributed by atoms with van der Waals surface area (Å²) >= 11 is 0. The largest absolute Gasteiger partial charge is 0.374 e. The summed E-state index contributed by atoms with van der Waals surface area (Å²) in [5, 5.41) is 6.88. The van der Waals surface area contributed by atoms with Gasteiger partial charge in [-0.3, -0.25) is 9.89 Å². The molecule has 0 amide bonds. The average molecular weight is 326 g/mol. The van der Waals surface area contributed by atoms with Crippen molar-refractivity contribution in [3.63, 3.8) is 0 Å². The normalized spacial score (nSPS) is 27.6. The number of rotatable bonds is 6. The summed E-state index contributed by atoms with van der Waals surface area (Å²) in [7, 11) is 4.03. The van der Waals surface area contributed by atoms with E-state index in [2.05, 4.69) is 46.3 Å². The molecule has 6 nitrogen and oxygen atoms in total. The van der Waals surface area contributed by atoms with Crippen LogP contribution < -0.4 is 10.6 Å². The van der Waals surface area contributed by atoms with Gasteiger partial charge < -0.3 is 20.3 Å². The van der Waals surface area contributed by atoms with Gasteiger partial charge in [-0.15, -0.1) is 0 Å². The summed E-state index contributed by atoms with van der Waals surface area (Å²) in [6, 6.07) is 0. The molecular formula is C17H35N5O. The van der Waals surface area contributed by atoms with Crippen molar-refractivity contribution in [2.24, 2.45) is 16.8 Å². The van der Waals surface area contributed by atoms with Crippen molar-refractivity contribution < 1.29 is 4.74 Å². The van der Waals surface area contributed by atoms with E-state index < -0.39 is 0 Å². The first kappa shape index (κ1) is 18.5. The maximum absolute atomic E-state index is 5.88. The van der Waals surface area contributed by atoms with Crippen molar-refractivity contribution >= 4 is 5.96 Å². The van der Waals surface area contributed by atoms with Crippen molar-refractivity contribution in [2.45, 2.75) is 26.4 Å². The smallest absolute Gasteiger partial charge is 0.191 e. The Morgan fingerprint density at radius 1 is 1.22 bits per heavy atom. The third kappa shape index (κ3) is 6.65. The van der Waals surface area contributed by atoms with Crippen molar-refractivity contribution in [3.05, 3.63) is 0 Å². The lowest BCUT2D eigenvalue weighted by molar-refractivity contribution is -0.0284. The van der Waals surface area contributed by atoms with Gasteiger partial charge in [0.25, 0.3) is 0 Å². The third-order valence-electron chi connectivity index (χ3n) is 4.61. The lowest BCUT2D eigenvalue weighted by Crippen LogP contribution is -2.50. The van der Waals surface area contributed by atoms with Gasteiger partial charge in [0.1, 0.15) is 0 Å². The molecule has 0 bridgehead atoms. The SMILES string of the molecule is CN=C(NCC1CCN(C)C1)NCC1CN(CC(C)C)CCO1. The van der Waals surface area contributed by atoms with Crippen LogP contribution in [0.4, 0.5) is 0 Å². The molecule has 0 aliphatic carbocycles. The Morgan fingerprint density at radius 2 is 2.00 bits per heavy atom. The Bertz CT molecular complexity index is 374. The number of hydrogen-bond donors (Lipinski definition) is 2. The van der Waals surface area contributed by atoms with E-state index in [1.165, 1.54) is 19.5 Å². The second kappa shape index (κ2) is 9.45. The Balaban J connectivity index is 1.66. The number of aliphatic imine (C=N–C) groups is 1. The zero-order valence-electron chi connectivity index (χ0n) is 15.3. The number of guanidine groups is 1. The van der Waals surface area contributed by atoms with E-state index in [0.29, 0.717) is 5.92 Å². The minimum Gasteiger partial charge on any atom is -0.374 e. The first-order valence-electron chi connectivity index (χ1n) is 9.03. The Hall–Kier alpha value is -0.850. The summed E-state index contributed by atoms with van der Waals surface area (Å²) in [6.45, 7) is 12.8. The number of nitrogens with one attached hydrogen (secondary N) is 2. The van der Waals surface area contributed by atoms with Gasteiger partial charge in [0.05, 0.1) is 12.7 Å². The van der Waals surface area contributed by atoms with Gasteiger partial charge in [0, 0.05) is 46.3 Å². The molecule has 2 fully saturated rings. The van der Waals surface area contributed by atoms with E-state index in [9.17, 15) is 0 Å². The summed E-state index contributed by atoms with van der Waals surface area (Å²) in [5.74, 6) is 2.33. The Morgan fingerprint density at radius 3 is 2.65 bits per heavy atom. The fourth-order valence-electron chi connectivity index (χ4n) is 3.45. The molecule has 0 aromatic heterocycles. The van der Waals surface area contributed by atoms with Gasteiger partial charge >= 0.3 is 0 Å². The third-order valence-corrected chi connectivity index (χ3v) is 4.61. The van der Waals surface area contributed by atoms with Gasteiger partial charge in [-0.25, -0.2) is 0 Å². The molecule has 0 aromatic carbocycles. The highest BCUT2D eigenvalue weighted by Crippen LogP contribution is 2.12. The highest BCUT2D eigenvalue weighted by atomic mass is 16.5. The van der Waals surface area contributed by atoms with Gasteiger partial charge in [-0.05, 0) is 31.8 Å². The predicted octanol–water partition coefficient (Wildman–Crippen LogP) is 0.460. The van der Waals surface area contributed by atoms with E-state index in [-0.39, 0.29) is 6.10 Å². The zero-order chi connectivity index (χ0) is 16.7. The molecule has 2 heterocycles. The van der Waals surface area contributed by atoms with Crippen LogP contribution in [0.1, 0.15) is 20.3 Å². The first-order chi connectivity index (χ1) is 11.1. The number of nitrogens with zero attached hydrogens (tertiary/aromatic N) is 3. The molecule has 2 saturated heterocycles. The first-order valence-corrected chi connectivity index (χ1v) is 9.03. The van der Waals surface area contributed by atoms with Crippen LogP contribution in [0.5, 0.6) is 0 Å². The van der Waals surface area contributed by atoms with Gasteiger partial charge in [0.15, 0.2) is 5.96 Å². The van der Waals surface area contributed by atoms with Crippen LogP contribution in [-0.4, -0.2) is 88.4 Å². The molecule has 6 heteroatoms. The zero-order valence-corrected chi connectivity index (χ0v) is 15.3. The maximum atomic E-state index is 5.88. The van der Waals surface area contributed by atoms with Gasteiger partial charge in [0.2, 0.25) is 0 Å². The van der Waals surface area contributed by atoms with Gasteiger partial charge in [-0.2, -0.15) is 0 Å². The molecular weight excluding hydrogens is 290 g/mol. The second-order valence-corrected chi connectivity index (χ2v) is 7.40. The number of hydrogen-bond acceptors (Lipinski definition) is 4. The fraction of sp³-hybridized carbons (Fsp3) is 0.941. The van der Waals surface area contributed by atoms with Crippen LogP contribution in [0, 0.1) is 11.8 Å². The maximum Gasteiger partial charge on any atom is 0.191 e. The highest BCUT2D eigenvalue weighted by molar-refractivity contribution is 5.79. The van der Waals surface area contributed by atoms with E-state index in [1.54, 1.807) is 0 Å². The fourth-order valence-corrected chi connectivity index (χ4v) is 3.45.